The number of carbonyl (C=O) groups excluding carboxylic acids is 1. The van der Waals surface area contributed by atoms with Crippen LogP contribution in [-0.4, -0.2) is 42.3 Å². The van der Waals surface area contributed by atoms with Gasteiger partial charge in [0.1, 0.15) is 0 Å². The van der Waals surface area contributed by atoms with E-state index in [1.165, 1.54) is 11.8 Å². The molecule has 0 N–H and O–H groups in total. The minimum absolute atomic E-state index is 0.0793. The van der Waals surface area contributed by atoms with Gasteiger partial charge in [-0.25, -0.2) is 8.42 Å². The second-order valence-corrected chi connectivity index (χ2v) is 9.54. The SMILES string of the molecule is CCC(=O)N=C1S[C@@H]2CS(=O)(=O)C[C@@H]2N1c1cc(Cl)ccc1C. The monoisotopic (exact) mass is 372 g/mol. The summed E-state index contributed by atoms with van der Waals surface area (Å²) in [7, 11) is -3.06. The summed E-state index contributed by atoms with van der Waals surface area (Å²) in [5, 5.41) is 1.05. The van der Waals surface area contributed by atoms with E-state index in [4.69, 9.17) is 11.6 Å². The van der Waals surface area contributed by atoms with Crippen molar-refractivity contribution in [3.8, 4) is 0 Å². The number of benzene rings is 1. The van der Waals surface area contributed by atoms with Gasteiger partial charge in [-0.05, 0) is 24.6 Å². The lowest BCUT2D eigenvalue weighted by atomic mass is 10.1. The van der Waals surface area contributed by atoms with Gasteiger partial charge in [0.05, 0.1) is 17.5 Å². The number of amides is 1. The molecule has 1 aromatic carbocycles. The molecule has 0 bridgehead atoms. The third-order valence-electron chi connectivity index (χ3n) is 4.02. The van der Waals surface area contributed by atoms with Gasteiger partial charge in [-0.2, -0.15) is 4.99 Å². The van der Waals surface area contributed by atoms with Crippen molar-refractivity contribution in [1.82, 2.24) is 0 Å². The van der Waals surface area contributed by atoms with E-state index in [2.05, 4.69) is 4.99 Å². The number of rotatable bonds is 2. The molecular weight excluding hydrogens is 356 g/mol. The summed E-state index contributed by atoms with van der Waals surface area (Å²) >= 11 is 7.49. The number of thioether (sulfide) groups is 1. The third kappa shape index (κ3) is 3.27. The summed E-state index contributed by atoms with van der Waals surface area (Å²) in [5.41, 5.74) is 1.79. The molecule has 0 spiro atoms. The summed E-state index contributed by atoms with van der Waals surface area (Å²) in [6.07, 6.45) is 0.320. The minimum atomic E-state index is -3.06. The van der Waals surface area contributed by atoms with E-state index in [-0.39, 0.29) is 28.7 Å². The summed E-state index contributed by atoms with van der Waals surface area (Å²) < 4.78 is 24.0. The molecule has 124 valence electrons. The molecule has 1 amide bonds. The zero-order valence-electron chi connectivity index (χ0n) is 12.8. The minimum Gasteiger partial charge on any atom is -0.315 e. The molecule has 8 heteroatoms. The lowest BCUT2D eigenvalue weighted by Crippen LogP contribution is -2.38. The van der Waals surface area contributed by atoms with Gasteiger partial charge in [-0.1, -0.05) is 36.4 Å². The Morgan fingerprint density at radius 2 is 2.17 bits per heavy atom. The molecule has 1 aromatic rings. The highest BCUT2D eigenvalue weighted by Gasteiger charge is 2.49. The molecule has 0 saturated carbocycles. The molecular formula is C15H17ClN2O3S2. The van der Waals surface area contributed by atoms with Gasteiger partial charge in [0.2, 0.25) is 5.91 Å². The Labute approximate surface area is 145 Å². The first-order valence-corrected chi connectivity index (χ1v) is 10.4. The third-order valence-corrected chi connectivity index (χ3v) is 7.46. The quantitative estimate of drug-likeness (QED) is 0.798. The van der Waals surface area contributed by atoms with Crippen molar-refractivity contribution in [2.24, 2.45) is 4.99 Å². The summed E-state index contributed by atoms with van der Waals surface area (Å²) in [4.78, 5) is 17.8. The molecule has 23 heavy (non-hydrogen) atoms. The first-order chi connectivity index (χ1) is 10.8. The highest BCUT2D eigenvalue weighted by molar-refractivity contribution is 8.16. The van der Waals surface area contributed by atoms with Crippen molar-refractivity contribution < 1.29 is 13.2 Å². The fraction of sp³-hybridized carbons (Fsp3) is 0.467. The maximum absolute atomic E-state index is 12.0. The van der Waals surface area contributed by atoms with E-state index in [1.54, 1.807) is 19.1 Å². The van der Waals surface area contributed by atoms with Crippen molar-refractivity contribution in [3.63, 3.8) is 0 Å². The van der Waals surface area contributed by atoms with Crippen LogP contribution in [0.1, 0.15) is 18.9 Å². The Hall–Kier alpha value is -1.05. The van der Waals surface area contributed by atoms with Crippen LogP contribution in [0.2, 0.25) is 5.02 Å². The number of halogens is 1. The van der Waals surface area contributed by atoms with Crippen molar-refractivity contribution in [3.05, 3.63) is 28.8 Å². The van der Waals surface area contributed by atoms with Gasteiger partial charge in [-0.3, -0.25) is 4.79 Å². The maximum Gasteiger partial charge on any atom is 0.247 e. The standard InChI is InChI=1S/C15H17ClN2O3S2/c1-3-14(19)17-15-18(11-6-10(16)5-4-9(11)2)12-7-23(20,21)8-13(12)22-15/h4-6,12-13H,3,7-8H2,1-2H3/t12-,13+/m0/s1. The Morgan fingerprint density at radius 1 is 1.43 bits per heavy atom. The molecule has 2 fully saturated rings. The molecule has 5 nitrogen and oxygen atoms in total. The Bertz CT molecular complexity index is 792. The van der Waals surface area contributed by atoms with Crippen molar-refractivity contribution >= 4 is 50.0 Å². The van der Waals surface area contributed by atoms with E-state index in [9.17, 15) is 13.2 Å². The normalized spacial score (nSPS) is 27.4. The molecule has 0 aliphatic carbocycles. The Kier molecular flexibility index (Phi) is 4.46. The Morgan fingerprint density at radius 3 is 2.87 bits per heavy atom. The molecule has 2 aliphatic heterocycles. The molecule has 0 radical (unpaired) electrons. The first kappa shape index (κ1) is 16.8. The van der Waals surface area contributed by atoms with E-state index in [0.29, 0.717) is 16.6 Å². The number of anilines is 1. The topological polar surface area (TPSA) is 66.8 Å². The average molecular weight is 373 g/mol. The predicted octanol–water partition coefficient (Wildman–Crippen LogP) is 2.66. The van der Waals surface area contributed by atoms with Gasteiger partial charge >= 0.3 is 0 Å². The second kappa shape index (κ2) is 6.11. The number of nitrogens with zero attached hydrogens (tertiary/aromatic N) is 2. The van der Waals surface area contributed by atoms with Crippen LogP contribution in [0.4, 0.5) is 5.69 Å². The predicted molar refractivity (Wildman–Crippen MR) is 95.2 cm³/mol. The zero-order chi connectivity index (χ0) is 16.8. The molecule has 2 atom stereocenters. The summed E-state index contributed by atoms with van der Waals surface area (Å²) in [6.45, 7) is 3.69. The van der Waals surface area contributed by atoms with Crippen LogP contribution in [0, 0.1) is 6.92 Å². The largest absolute Gasteiger partial charge is 0.315 e. The Balaban J connectivity index is 2.08. The van der Waals surface area contributed by atoms with Gasteiger partial charge < -0.3 is 4.90 Å². The number of hydrogen-bond acceptors (Lipinski definition) is 4. The molecule has 0 unspecified atom stereocenters. The first-order valence-electron chi connectivity index (χ1n) is 7.34. The molecule has 2 aliphatic rings. The second-order valence-electron chi connectivity index (χ2n) is 5.74. The zero-order valence-corrected chi connectivity index (χ0v) is 15.2. The van der Waals surface area contributed by atoms with Crippen molar-refractivity contribution in [2.75, 3.05) is 16.4 Å². The molecule has 0 aromatic heterocycles. The lowest BCUT2D eigenvalue weighted by molar-refractivity contribution is -0.117. The van der Waals surface area contributed by atoms with Crippen molar-refractivity contribution in [1.29, 1.82) is 0 Å². The fourth-order valence-corrected chi connectivity index (χ4v) is 6.96. The number of amidine groups is 1. The van der Waals surface area contributed by atoms with Crippen LogP contribution in [0.15, 0.2) is 23.2 Å². The van der Waals surface area contributed by atoms with E-state index in [0.717, 1.165) is 11.3 Å². The smallest absolute Gasteiger partial charge is 0.247 e. The van der Waals surface area contributed by atoms with E-state index in [1.807, 2.05) is 17.9 Å². The van der Waals surface area contributed by atoms with Gasteiger partial charge in [-0.15, -0.1) is 0 Å². The van der Waals surface area contributed by atoms with Gasteiger partial charge in [0, 0.05) is 22.4 Å². The van der Waals surface area contributed by atoms with Crippen LogP contribution >= 0.6 is 23.4 Å². The van der Waals surface area contributed by atoms with Gasteiger partial charge in [0.25, 0.3) is 0 Å². The fourth-order valence-electron chi connectivity index (χ4n) is 2.87. The van der Waals surface area contributed by atoms with Crippen LogP contribution in [0.25, 0.3) is 0 Å². The molecule has 2 saturated heterocycles. The van der Waals surface area contributed by atoms with E-state index < -0.39 is 9.84 Å². The summed E-state index contributed by atoms with van der Waals surface area (Å²) in [5.74, 6) is -0.00620. The maximum atomic E-state index is 12.0. The number of aryl methyl sites for hydroxylation is 1. The van der Waals surface area contributed by atoms with E-state index >= 15 is 0 Å². The highest BCUT2D eigenvalue weighted by Crippen LogP contribution is 2.42. The van der Waals surface area contributed by atoms with Crippen molar-refractivity contribution in [2.45, 2.75) is 31.6 Å². The summed E-state index contributed by atoms with van der Waals surface area (Å²) in [6, 6.07) is 5.28. The highest BCUT2D eigenvalue weighted by atomic mass is 35.5. The number of sulfone groups is 1. The number of carbonyl (C=O) groups is 1. The molecule has 2 heterocycles. The van der Waals surface area contributed by atoms with Crippen LogP contribution in [-0.2, 0) is 14.6 Å². The number of hydrogen-bond donors (Lipinski definition) is 0. The lowest BCUT2D eigenvalue weighted by Gasteiger charge is -2.26. The number of aliphatic imine (C=N–C) groups is 1. The van der Waals surface area contributed by atoms with Gasteiger partial charge in [0.15, 0.2) is 15.0 Å². The van der Waals surface area contributed by atoms with Crippen LogP contribution in [0.5, 0.6) is 0 Å². The number of fused-ring (bicyclic) bond motifs is 1. The average Bonchev–Trinajstić information content (AvgIpc) is 2.92. The molecule has 3 rings (SSSR count). The van der Waals surface area contributed by atoms with Crippen LogP contribution in [0.3, 0.4) is 0 Å². The van der Waals surface area contributed by atoms with Crippen LogP contribution < -0.4 is 4.90 Å².